The van der Waals surface area contributed by atoms with Crippen molar-refractivity contribution in [3.05, 3.63) is 66.4 Å². The standard InChI is InChI=1S/C23H25N3O/c1-2-19-12-6-8-16-25(19)22(27)15-14-20-21-13-7-9-17-26(21)24-23(20)18-10-4-3-5-11-18/h3-5,7,9-11,13-15,17,19H,2,6,8,12,16H2,1H3/t19-/m1/s1. The second-order valence-corrected chi connectivity index (χ2v) is 7.08. The molecule has 1 aliphatic heterocycles. The Morgan fingerprint density at radius 1 is 1.15 bits per heavy atom. The van der Waals surface area contributed by atoms with Crippen LogP contribution in [0.25, 0.3) is 22.9 Å². The monoisotopic (exact) mass is 359 g/mol. The Hall–Kier alpha value is -2.88. The highest BCUT2D eigenvalue weighted by molar-refractivity contribution is 5.95. The van der Waals surface area contributed by atoms with Crippen LogP contribution in [-0.2, 0) is 4.79 Å². The van der Waals surface area contributed by atoms with E-state index in [1.165, 1.54) is 6.42 Å². The number of aromatic nitrogens is 2. The van der Waals surface area contributed by atoms with E-state index < -0.39 is 0 Å². The van der Waals surface area contributed by atoms with Crippen LogP contribution in [-0.4, -0.2) is 33.0 Å². The van der Waals surface area contributed by atoms with Gasteiger partial charge < -0.3 is 4.90 Å². The Labute approximate surface area is 160 Å². The summed E-state index contributed by atoms with van der Waals surface area (Å²) in [5.41, 5.74) is 3.94. The van der Waals surface area contributed by atoms with Crippen LogP contribution < -0.4 is 0 Å². The van der Waals surface area contributed by atoms with Gasteiger partial charge in [0.2, 0.25) is 5.91 Å². The predicted octanol–water partition coefficient (Wildman–Crippen LogP) is 4.81. The Balaban J connectivity index is 1.70. The third kappa shape index (κ3) is 3.52. The summed E-state index contributed by atoms with van der Waals surface area (Å²) in [5.74, 6) is 0.107. The zero-order valence-electron chi connectivity index (χ0n) is 15.7. The molecule has 0 unspecified atom stereocenters. The first kappa shape index (κ1) is 17.5. The molecule has 4 heteroatoms. The van der Waals surface area contributed by atoms with E-state index in [1.807, 2.05) is 58.1 Å². The Bertz CT molecular complexity index is 958. The summed E-state index contributed by atoms with van der Waals surface area (Å²) in [4.78, 5) is 14.9. The molecule has 4 nitrogen and oxygen atoms in total. The fourth-order valence-electron chi connectivity index (χ4n) is 3.96. The van der Waals surface area contributed by atoms with Crippen LogP contribution >= 0.6 is 0 Å². The van der Waals surface area contributed by atoms with Crippen molar-refractivity contribution in [2.24, 2.45) is 0 Å². The highest BCUT2D eigenvalue weighted by Gasteiger charge is 2.23. The molecule has 2 aromatic heterocycles. The third-order valence-corrected chi connectivity index (χ3v) is 5.40. The van der Waals surface area contributed by atoms with Crippen molar-refractivity contribution in [1.82, 2.24) is 14.5 Å². The summed E-state index contributed by atoms with van der Waals surface area (Å²) in [5, 5.41) is 4.75. The summed E-state index contributed by atoms with van der Waals surface area (Å²) in [6, 6.07) is 16.5. The molecule has 1 saturated heterocycles. The number of nitrogens with zero attached hydrogens (tertiary/aromatic N) is 3. The first-order valence-corrected chi connectivity index (χ1v) is 9.79. The molecule has 4 rings (SSSR count). The molecule has 1 aromatic carbocycles. The summed E-state index contributed by atoms with van der Waals surface area (Å²) in [6.45, 7) is 3.03. The highest BCUT2D eigenvalue weighted by Crippen LogP contribution is 2.27. The van der Waals surface area contributed by atoms with Crippen LogP contribution in [0.4, 0.5) is 0 Å². The second-order valence-electron chi connectivity index (χ2n) is 7.08. The van der Waals surface area contributed by atoms with Gasteiger partial charge in [-0.05, 0) is 43.9 Å². The molecule has 0 N–H and O–H groups in total. The first-order chi connectivity index (χ1) is 13.3. The fraction of sp³-hybridized carbons (Fsp3) is 0.304. The fourth-order valence-corrected chi connectivity index (χ4v) is 3.96. The van der Waals surface area contributed by atoms with Crippen LogP contribution in [0.3, 0.4) is 0 Å². The van der Waals surface area contributed by atoms with E-state index in [9.17, 15) is 4.79 Å². The Morgan fingerprint density at radius 3 is 2.78 bits per heavy atom. The van der Waals surface area contributed by atoms with E-state index in [4.69, 9.17) is 5.10 Å². The van der Waals surface area contributed by atoms with Gasteiger partial charge in [-0.15, -0.1) is 0 Å². The number of hydrogen-bond acceptors (Lipinski definition) is 2. The van der Waals surface area contributed by atoms with Crippen molar-refractivity contribution in [2.45, 2.75) is 38.6 Å². The summed E-state index contributed by atoms with van der Waals surface area (Å²) < 4.78 is 1.88. The van der Waals surface area contributed by atoms with Gasteiger partial charge in [-0.1, -0.05) is 43.3 Å². The molecule has 3 aromatic rings. The number of benzene rings is 1. The molecule has 0 radical (unpaired) electrons. The van der Waals surface area contributed by atoms with Crippen molar-refractivity contribution < 1.29 is 4.79 Å². The maximum atomic E-state index is 12.9. The quantitative estimate of drug-likeness (QED) is 0.627. The van der Waals surface area contributed by atoms with Crippen molar-refractivity contribution in [3.8, 4) is 11.3 Å². The average molecular weight is 359 g/mol. The van der Waals surface area contributed by atoms with E-state index in [1.54, 1.807) is 6.08 Å². The van der Waals surface area contributed by atoms with E-state index in [0.29, 0.717) is 6.04 Å². The van der Waals surface area contributed by atoms with Crippen molar-refractivity contribution in [3.63, 3.8) is 0 Å². The average Bonchev–Trinajstić information content (AvgIpc) is 3.11. The van der Waals surface area contributed by atoms with Gasteiger partial charge in [-0.3, -0.25) is 4.79 Å². The van der Waals surface area contributed by atoms with Gasteiger partial charge in [0, 0.05) is 36.0 Å². The normalized spacial score (nSPS) is 17.7. The molecular weight excluding hydrogens is 334 g/mol. The molecule has 0 saturated carbocycles. The number of fused-ring (bicyclic) bond motifs is 1. The predicted molar refractivity (Wildman–Crippen MR) is 109 cm³/mol. The van der Waals surface area contributed by atoms with Gasteiger partial charge in [0.05, 0.1) is 5.52 Å². The SMILES string of the molecule is CC[C@@H]1CCCCN1C(=O)C=Cc1c(-c2ccccc2)nn2ccccc12. The van der Waals surface area contributed by atoms with Crippen LogP contribution in [0.2, 0.25) is 0 Å². The van der Waals surface area contributed by atoms with Gasteiger partial charge in [-0.25, -0.2) is 4.52 Å². The second kappa shape index (κ2) is 7.78. The van der Waals surface area contributed by atoms with Gasteiger partial charge in [0.25, 0.3) is 0 Å². The van der Waals surface area contributed by atoms with Crippen molar-refractivity contribution in [1.29, 1.82) is 0 Å². The minimum Gasteiger partial charge on any atom is -0.336 e. The Morgan fingerprint density at radius 2 is 1.96 bits per heavy atom. The molecule has 1 amide bonds. The van der Waals surface area contributed by atoms with Crippen molar-refractivity contribution in [2.75, 3.05) is 6.54 Å². The molecule has 1 aliphatic rings. The molecular formula is C23H25N3O. The van der Waals surface area contributed by atoms with Gasteiger partial charge in [-0.2, -0.15) is 5.10 Å². The summed E-state index contributed by atoms with van der Waals surface area (Å²) in [7, 11) is 0. The molecule has 1 fully saturated rings. The number of piperidine rings is 1. The molecule has 1 atom stereocenters. The number of carbonyl (C=O) groups excluding carboxylic acids is 1. The largest absolute Gasteiger partial charge is 0.336 e. The van der Waals surface area contributed by atoms with E-state index in [-0.39, 0.29) is 5.91 Å². The number of carbonyl (C=O) groups is 1. The van der Waals surface area contributed by atoms with Crippen LogP contribution in [0.15, 0.2) is 60.8 Å². The maximum absolute atomic E-state index is 12.9. The van der Waals surface area contributed by atoms with Crippen molar-refractivity contribution >= 4 is 17.5 Å². The Kier molecular flexibility index (Phi) is 5.05. The molecule has 27 heavy (non-hydrogen) atoms. The zero-order chi connectivity index (χ0) is 18.6. The summed E-state index contributed by atoms with van der Waals surface area (Å²) in [6.07, 6.45) is 10.1. The highest BCUT2D eigenvalue weighted by atomic mass is 16.2. The molecule has 0 bridgehead atoms. The topological polar surface area (TPSA) is 37.6 Å². The van der Waals surface area contributed by atoms with Crippen LogP contribution in [0.1, 0.15) is 38.2 Å². The van der Waals surface area contributed by atoms with Gasteiger partial charge in [0.15, 0.2) is 0 Å². The van der Waals surface area contributed by atoms with E-state index in [2.05, 4.69) is 19.1 Å². The lowest BCUT2D eigenvalue weighted by molar-refractivity contribution is -0.129. The first-order valence-electron chi connectivity index (χ1n) is 9.79. The molecule has 0 spiro atoms. The number of pyridine rings is 1. The summed E-state index contributed by atoms with van der Waals surface area (Å²) >= 11 is 0. The zero-order valence-corrected chi connectivity index (χ0v) is 15.7. The number of amides is 1. The minimum absolute atomic E-state index is 0.107. The maximum Gasteiger partial charge on any atom is 0.246 e. The number of rotatable bonds is 4. The molecule has 3 heterocycles. The van der Waals surface area contributed by atoms with Crippen LogP contribution in [0, 0.1) is 0 Å². The van der Waals surface area contributed by atoms with E-state index in [0.717, 1.165) is 48.1 Å². The lowest BCUT2D eigenvalue weighted by atomic mass is 10.00. The lowest BCUT2D eigenvalue weighted by Crippen LogP contribution is -2.42. The van der Waals surface area contributed by atoms with Gasteiger partial charge in [0.1, 0.15) is 5.69 Å². The van der Waals surface area contributed by atoms with E-state index >= 15 is 0 Å². The van der Waals surface area contributed by atoms with Gasteiger partial charge >= 0.3 is 0 Å². The lowest BCUT2D eigenvalue weighted by Gasteiger charge is -2.34. The van der Waals surface area contributed by atoms with Crippen LogP contribution in [0.5, 0.6) is 0 Å². The number of hydrogen-bond donors (Lipinski definition) is 0. The minimum atomic E-state index is 0.107. The molecule has 138 valence electrons. The molecule has 0 aliphatic carbocycles. The smallest absolute Gasteiger partial charge is 0.246 e. The number of likely N-dealkylation sites (tertiary alicyclic amines) is 1. The third-order valence-electron chi connectivity index (χ3n) is 5.40.